The predicted molar refractivity (Wildman–Crippen MR) is 46.9 cm³/mol. The summed E-state index contributed by atoms with van der Waals surface area (Å²) in [6, 6.07) is 0. The van der Waals surface area contributed by atoms with E-state index in [2.05, 4.69) is 34.9 Å². The molecule has 0 aromatic rings. The molecule has 7 N–H and O–H groups in total. The molecule has 0 atom stereocenters. The fraction of sp³-hybridized carbons (Fsp3) is 0. The lowest BCUT2D eigenvalue weighted by molar-refractivity contribution is 0.205. The van der Waals surface area contributed by atoms with E-state index in [1.807, 2.05) is 0 Å². The molecule has 11 heavy (non-hydrogen) atoms. The molecule has 0 radical (unpaired) electrons. The van der Waals surface area contributed by atoms with Gasteiger partial charge >= 0.3 is 6.09 Å². The molecule has 0 saturated heterocycles. The second-order valence-electron chi connectivity index (χ2n) is 1.08. The summed E-state index contributed by atoms with van der Waals surface area (Å²) in [6.07, 6.45) is -1.33. The van der Waals surface area contributed by atoms with Gasteiger partial charge in [0.25, 0.3) is 10.3 Å². The molecule has 0 aliphatic rings. The first kappa shape index (κ1) is 12.5. The average Bonchev–Trinajstić information content (AvgIpc) is 1.56. The zero-order valence-corrected chi connectivity index (χ0v) is 6.95. The lowest BCUT2D eigenvalue weighted by atomic mass is 11.2. The molecule has 0 aliphatic carbocycles. The van der Waals surface area contributed by atoms with Gasteiger partial charge in [0.05, 0.1) is 0 Å². The molecule has 0 bridgehead atoms. The van der Waals surface area contributed by atoms with Crippen LogP contribution in [-0.2, 0) is 4.74 Å². The number of ether oxygens (including phenoxy) is 1. The molecule has 6 nitrogen and oxygen atoms in total. The van der Waals surface area contributed by atoms with Gasteiger partial charge < -0.3 is 27.0 Å². The number of carbonyl (C=O) groups is 1. The van der Waals surface area contributed by atoms with E-state index in [1.165, 1.54) is 0 Å². The van der Waals surface area contributed by atoms with Crippen molar-refractivity contribution in [2.45, 2.75) is 0 Å². The van der Waals surface area contributed by atoms with Crippen LogP contribution in [0.1, 0.15) is 0 Å². The van der Waals surface area contributed by atoms with Crippen molar-refractivity contribution >= 4 is 40.9 Å². The summed E-state index contributed by atoms with van der Waals surface area (Å²) in [6.45, 7) is 0. The summed E-state index contributed by atoms with van der Waals surface area (Å²) in [7, 11) is 0. The van der Waals surface area contributed by atoms with Crippen LogP contribution in [0.5, 0.6) is 0 Å². The molecule has 0 aromatic heterocycles. The molecule has 0 saturated carbocycles. The highest BCUT2D eigenvalue weighted by Crippen LogP contribution is 1.70. The fourth-order valence-electron chi connectivity index (χ4n) is 0.0991. The maximum absolute atomic E-state index is 8.78. The maximum atomic E-state index is 8.78. The van der Waals surface area contributed by atoms with E-state index in [9.17, 15) is 0 Å². The Kier molecular flexibility index (Phi) is 7.92. The van der Waals surface area contributed by atoms with Crippen LogP contribution in [0.4, 0.5) is 4.79 Å². The third-order valence-electron chi connectivity index (χ3n) is 0.201. The second kappa shape index (κ2) is 6.96. The first-order valence-electron chi connectivity index (χ1n) is 2.11. The maximum Gasteiger partial charge on any atom is 0.402 e. The highest BCUT2D eigenvalue weighted by atomic mass is 32.1. The van der Waals surface area contributed by atoms with Crippen molar-refractivity contribution in [1.29, 1.82) is 0 Å². The molecule has 64 valence electrons. The van der Waals surface area contributed by atoms with Crippen molar-refractivity contribution in [3.05, 3.63) is 0 Å². The van der Waals surface area contributed by atoms with Crippen molar-refractivity contribution in [2.75, 3.05) is 0 Å². The van der Waals surface area contributed by atoms with Crippen LogP contribution in [0.3, 0.4) is 0 Å². The van der Waals surface area contributed by atoms with Gasteiger partial charge in [-0.25, -0.2) is 4.79 Å². The molecular weight excluding hydrogens is 190 g/mol. The van der Waals surface area contributed by atoms with Crippen LogP contribution in [-0.4, -0.2) is 21.5 Å². The number of primary amides is 1. The Morgan fingerprint density at radius 2 is 1.36 bits per heavy atom. The van der Waals surface area contributed by atoms with Gasteiger partial charge in [0.15, 0.2) is 0 Å². The summed E-state index contributed by atoms with van der Waals surface area (Å²) < 4.78 is 4.27. The van der Waals surface area contributed by atoms with Crippen molar-refractivity contribution in [2.24, 2.45) is 17.2 Å². The van der Waals surface area contributed by atoms with Gasteiger partial charge in [0.2, 0.25) is 0 Å². The summed E-state index contributed by atoms with van der Waals surface area (Å²) >= 11 is 8.52. The van der Waals surface area contributed by atoms with Crippen molar-refractivity contribution in [1.82, 2.24) is 0 Å². The van der Waals surface area contributed by atoms with E-state index >= 15 is 0 Å². The van der Waals surface area contributed by atoms with Gasteiger partial charge in [-0.05, 0) is 24.4 Å². The van der Waals surface area contributed by atoms with E-state index < -0.39 is 6.09 Å². The normalized spacial score (nSPS) is 6.91. The highest BCUT2D eigenvalue weighted by Gasteiger charge is 1.86. The molecule has 0 unspecified atom stereocenters. The van der Waals surface area contributed by atoms with E-state index in [-0.39, 0.29) is 10.3 Å². The Hall–Kier alpha value is -1.15. The zero-order valence-electron chi connectivity index (χ0n) is 5.31. The van der Waals surface area contributed by atoms with Crippen LogP contribution in [0, 0.1) is 0 Å². The number of hydrogen-bond acceptors (Lipinski definition) is 4. The minimum atomic E-state index is -1.33. The minimum Gasteiger partial charge on any atom is -0.465 e. The van der Waals surface area contributed by atoms with Gasteiger partial charge in [-0.15, -0.1) is 0 Å². The molecule has 0 fully saturated rings. The molecule has 0 aromatic carbocycles. The Labute approximate surface area is 73.3 Å². The third-order valence-corrected chi connectivity index (χ3v) is 0.368. The molecule has 0 heterocycles. The molecule has 1 amide bonds. The number of hydrogen-bond donors (Lipinski definition) is 4. The van der Waals surface area contributed by atoms with Gasteiger partial charge in [0.1, 0.15) is 0 Å². The lowest BCUT2D eigenvalue weighted by Crippen LogP contribution is -2.22. The standard InChI is InChI=1S/C2H4N2OS2.CH3NO2/c3-1(6)5-2(4)7;2-1(3)4/h(H2,3,6)(H2,4,7);2H2,(H,3,4). The Morgan fingerprint density at radius 3 is 1.36 bits per heavy atom. The quantitative estimate of drug-likeness (QED) is 0.371. The summed E-state index contributed by atoms with van der Waals surface area (Å²) in [5.74, 6) is 0. The van der Waals surface area contributed by atoms with Crippen molar-refractivity contribution in [3.63, 3.8) is 0 Å². The minimum absolute atomic E-state index is 0.146. The molecule has 0 rings (SSSR count). The Bertz CT molecular complexity index is 155. The summed E-state index contributed by atoms with van der Waals surface area (Å²) in [4.78, 5) is 8.78. The van der Waals surface area contributed by atoms with E-state index in [4.69, 9.17) is 21.4 Å². The third kappa shape index (κ3) is 51.1. The smallest absolute Gasteiger partial charge is 0.402 e. The molecule has 8 heteroatoms. The van der Waals surface area contributed by atoms with Crippen LogP contribution in [0.2, 0.25) is 0 Å². The zero-order chi connectivity index (χ0) is 9.44. The van der Waals surface area contributed by atoms with Gasteiger partial charge in [-0.2, -0.15) is 0 Å². The topological polar surface area (TPSA) is 125 Å². The van der Waals surface area contributed by atoms with E-state index in [1.54, 1.807) is 0 Å². The van der Waals surface area contributed by atoms with Gasteiger partial charge in [-0.3, -0.25) is 0 Å². The predicted octanol–water partition coefficient (Wildman–Crippen LogP) is -0.887. The second-order valence-corrected chi connectivity index (χ2v) is 1.88. The Balaban J connectivity index is 0. The number of amides is 1. The van der Waals surface area contributed by atoms with Gasteiger partial charge in [-0.1, -0.05) is 0 Å². The largest absolute Gasteiger partial charge is 0.465 e. The SMILES string of the molecule is NC(=O)O.NC(=S)OC(N)=S. The highest BCUT2D eigenvalue weighted by molar-refractivity contribution is 7.81. The van der Waals surface area contributed by atoms with E-state index in [0.29, 0.717) is 0 Å². The number of nitrogens with two attached hydrogens (primary N) is 3. The average molecular weight is 197 g/mol. The van der Waals surface area contributed by atoms with Crippen LogP contribution in [0.25, 0.3) is 0 Å². The first-order valence-corrected chi connectivity index (χ1v) is 2.93. The summed E-state index contributed by atoms with van der Waals surface area (Å²) in [5, 5.41) is 6.90. The van der Waals surface area contributed by atoms with Crippen LogP contribution < -0.4 is 17.2 Å². The van der Waals surface area contributed by atoms with Crippen LogP contribution >= 0.6 is 24.4 Å². The van der Waals surface area contributed by atoms with Crippen molar-refractivity contribution < 1.29 is 14.6 Å². The van der Waals surface area contributed by atoms with Crippen LogP contribution in [0.15, 0.2) is 0 Å². The number of thiocarbonyl (C=S) groups is 2. The monoisotopic (exact) mass is 197 g/mol. The van der Waals surface area contributed by atoms with Gasteiger partial charge in [0, 0.05) is 0 Å². The fourth-order valence-corrected chi connectivity index (χ4v) is 0.331. The van der Waals surface area contributed by atoms with E-state index in [0.717, 1.165) is 0 Å². The molecular formula is C3H7N3O3S2. The number of carboxylic acid groups (broad SMARTS) is 1. The van der Waals surface area contributed by atoms with Crippen molar-refractivity contribution in [3.8, 4) is 0 Å². The Morgan fingerprint density at radius 1 is 1.18 bits per heavy atom. The molecule has 0 spiro atoms. The summed E-state index contributed by atoms with van der Waals surface area (Å²) in [5.41, 5.74) is 13.7. The number of rotatable bonds is 0. The molecule has 0 aliphatic heterocycles. The lowest BCUT2D eigenvalue weighted by Gasteiger charge is -1.94. The first-order chi connectivity index (χ1) is 4.86.